The Bertz CT molecular complexity index is 646. The SMILES string of the molecule is O=C(O)/C=C/c1cccc(N2C[C@@H]3CNCC[C@]3(F)C2=O)c1. The Hall–Kier alpha value is -2.21. The average Bonchev–Trinajstić information content (AvgIpc) is 2.78. The Labute approximate surface area is 127 Å². The van der Waals surface area contributed by atoms with E-state index in [1.54, 1.807) is 24.3 Å². The number of carboxylic acids is 1. The molecular weight excluding hydrogens is 287 g/mol. The predicted octanol–water partition coefficient (Wildman–Crippen LogP) is 1.45. The third kappa shape index (κ3) is 2.50. The molecule has 0 aliphatic carbocycles. The van der Waals surface area contributed by atoms with Crippen molar-refractivity contribution in [1.82, 2.24) is 5.32 Å². The molecule has 0 radical (unpaired) electrons. The first-order chi connectivity index (χ1) is 10.5. The number of hydrogen-bond acceptors (Lipinski definition) is 3. The van der Waals surface area contributed by atoms with E-state index in [-0.39, 0.29) is 12.3 Å². The van der Waals surface area contributed by atoms with Gasteiger partial charge in [0.05, 0.1) is 0 Å². The summed E-state index contributed by atoms with van der Waals surface area (Å²) in [7, 11) is 0. The molecule has 6 heteroatoms. The van der Waals surface area contributed by atoms with Gasteiger partial charge in [0, 0.05) is 37.2 Å². The summed E-state index contributed by atoms with van der Waals surface area (Å²) >= 11 is 0. The summed E-state index contributed by atoms with van der Waals surface area (Å²) in [6, 6.07) is 6.91. The second-order valence-corrected chi connectivity index (χ2v) is 5.70. The van der Waals surface area contributed by atoms with E-state index in [9.17, 15) is 14.0 Å². The van der Waals surface area contributed by atoms with Gasteiger partial charge in [0.15, 0.2) is 5.67 Å². The van der Waals surface area contributed by atoms with Crippen LogP contribution in [0.2, 0.25) is 0 Å². The normalized spacial score (nSPS) is 28.1. The number of aliphatic carboxylic acids is 1. The second kappa shape index (κ2) is 5.53. The van der Waals surface area contributed by atoms with Crippen molar-refractivity contribution >= 4 is 23.6 Å². The topological polar surface area (TPSA) is 69.6 Å². The van der Waals surface area contributed by atoms with Gasteiger partial charge in [-0.1, -0.05) is 12.1 Å². The number of carboxylic acid groups (broad SMARTS) is 1. The van der Waals surface area contributed by atoms with Crippen LogP contribution in [0.25, 0.3) is 6.08 Å². The Kier molecular flexibility index (Phi) is 3.70. The van der Waals surface area contributed by atoms with Gasteiger partial charge in [0.2, 0.25) is 0 Å². The lowest BCUT2D eigenvalue weighted by molar-refractivity contribution is -0.131. The summed E-state index contributed by atoms with van der Waals surface area (Å²) in [6.07, 6.45) is 2.68. The van der Waals surface area contributed by atoms with E-state index >= 15 is 0 Å². The summed E-state index contributed by atoms with van der Waals surface area (Å²) in [5.74, 6) is -1.87. The van der Waals surface area contributed by atoms with Gasteiger partial charge in [-0.25, -0.2) is 9.18 Å². The average molecular weight is 304 g/mol. The van der Waals surface area contributed by atoms with E-state index in [4.69, 9.17) is 5.11 Å². The molecule has 5 nitrogen and oxygen atoms in total. The first-order valence-corrected chi connectivity index (χ1v) is 7.23. The molecule has 2 fully saturated rings. The minimum atomic E-state index is -1.78. The van der Waals surface area contributed by atoms with Gasteiger partial charge in [0.25, 0.3) is 5.91 Å². The van der Waals surface area contributed by atoms with E-state index in [0.717, 1.165) is 6.08 Å². The molecule has 116 valence electrons. The predicted molar refractivity (Wildman–Crippen MR) is 80.3 cm³/mol. The fraction of sp³-hybridized carbons (Fsp3) is 0.375. The van der Waals surface area contributed by atoms with Crippen LogP contribution in [0.15, 0.2) is 30.3 Å². The molecule has 0 bridgehead atoms. The monoisotopic (exact) mass is 304 g/mol. The number of hydrogen-bond donors (Lipinski definition) is 2. The van der Waals surface area contributed by atoms with Crippen LogP contribution in [0.4, 0.5) is 10.1 Å². The molecule has 2 N–H and O–H groups in total. The third-order valence-corrected chi connectivity index (χ3v) is 4.31. The van der Waals surface area contributed by atoms with Crippen molar-refractivity contribution in [2.24, 2.45) is 5.92 Å². The summed E-state index contributed by atoms with van der Waals surface area (Å²) in [5, 5.41) is 11.8. The van der Waals surface area contributed by atoms with E-state index < -0.39 is 17.5 Å². The van der Waals surface area contributed by atoms with Crippen LogP contribution >= 0.6 is 0 Å². The zero-order valence-electron chi connectivity index (χ0n) is 12.0. The second-order valence-electron chi connectivity index (χ2n) is 5.70. The van der Waals surface area contributed by atoms with Gasteiger partial charge < -0.3 is 15.3 Å². The molecule has 22 heavy (non-hydrogen) atoms. The molecule has 2 aliphatic rings. The summed E-state index contributed by atoms with van der Waals surface area (Å²) in [6.45, 7) is 1.35. The van der Waals surface area contributed by atoms with Gasteiger partial charge in [-0.2, -0.15) is 0 Å². The van der Waals surface area contributed by atoms with Gasteiger partial charge in [-0.05, 0) is 30.3 Å². The van der Waals surface area contributed by atoms with Crippen molar-refractivity contribution in [3.8, 4) is 0 Å². The fourth-order valence-electron chi connectivity index (χ4n) is 3.12. The van der Waals surface area contributed by atoms with Crippen LogP contribution in [0.1, 0.15) is 12.0 Å². The number of alkyl halides is 1. The lowest BCUT2D eigenvalue weighted by Crippen LogP contribution is -2.49. The Morgan fingerprint density at radius 3 is 3.05 bits per heavy atom. The van der Waals surface area contributed by atoms with Gasteiger partial charge in [0.1, 0.15) is 0 Å². The molecule has 0 saturated carbocycles. The van der Waals surface area contributed by atoms with Crippen molar-refractivity contribution in [1.29, 1.82) is 0 Å². The highest BCUT2D eigenvalue weighted by molar-refractivity contribution is 6.02. The molecule has 2 atom stereocenters. The number of fused-ring (bicyclic) bond motifs is 1. The molecule has 3 rings (SSSR count). The maximum absolute atomic E-state index is 14.9. The first-order valence-electron chi connectivity index (χ1n) is 7.23. The highest BCUT2D eigenvalue weighted by Gasteiger charge is 2.56. The zero-order valence-corrected chi connectivity index (χ0v) is 12.0. The number of nitrogens with one attached hydrogen (secondary N) is 1. The van der Waals surface area contributed by atoms with Crippen molar-refractivity contribution in [3.63, 3.8) is 0 Å². The number of nitrogens with zero attached hydrogens (tertiary/aromatic N) is 1. The minimum Gasteiger partial charge on any atom is -0.478 e. The number of halogens is 1. The summed E-state index contributed by atoms with van der Waals surface area (Å²) in [4.78, 5) is 24.5. The standard InChI is InChI=1S/C16H17FN2O3/c17-16-6-7-18-9-12(16)10-19(15(16)22)13-3-1-2-11(8-13)4-5-14(20)21/h1-5,8,12,18H,6-7,9-10H2,(H,20,21)/b5-4+/t12-,16+/m0/s1. The van der Waals surface area contributed by atoms with E-state index in [2.05, 4.69) is 5.32 Å². The van der Waals surface area contributed by atoms with Crippen molar-refractivity contribution in [2.75, 3.05) is 24.5 Å². The summed E-state index contributed by atoms with van der Waals surface area (Å²) < 4.78 is 14.9. The molecule has 1 aromatic rings. The minimum absolute atomic E-state index is 0.200. The maximum atomic E-state index is 14.9. The van der Waals surface area contributed by atoms with Crippen LogP contribution in [-0.4, -0.2) is 42.3 Å². The third-order valence-electron chi connectivity index (χ3n) is 4.31. The smallest absolute Gasteiger partial charge is 0.328 e. The molecule has 1 amide bonds. The molecule has 1 aromatic carbocycles. The Balaban J connectivity index is 1.87. The molecule has 2 heterocycles. The van der Waals surface area contributed by atoms with Gasteiger partial charge in [-0.15, -0.1) is 0 Å². The van der Waals surface area contributed by atoms with Crippen LogP contribution in [0.5, 0.6) is 0 Å². The quantitative estimate of drug-likeness (QED) is 0.829. The molecule has 2 aliphatic heterocycles. The maximum Gasteiger partial charge on any atom is 0.328 e. The molecule has 2 saturated heterocycles. The van der Waals surface area contributed by atoms with Crippen molar-refractivity contribution < 1.29 is 19.1 Å². The van der Waals surface area contributed by atoms with Crippen molar-refractivity contribution in [3.05, 3.63) is 35.9 Å². The van der Waals surface area contributed by atoms with E-state index in [0.29, 0.717) is 30.9 Å². The van der Waals surface area contributed by atoms with Crippen LogP contribution in [0.3, 0.4) is 0 Å². The lowest BCUT2D eigenvalue weighted by atomic mass is 9.86. The zero-order chi connectivity index (χ0) is 15.7. The van der Waals surface area contributed by atoms with Gasteiger partial charge in [-0.3, -0.25) is 4.79 Å². The van der Waals surface area contributed by atoms with E-state index in [1.807, 2.05) is 0 Å². The number of anilines is 1. The first kappa shape index (κ1) is 14.7. The van der Waals surface area contributed by atoms with Crippen LogP contribution < -0.4 is 10.2 Å². The number of carbonyl (C=O) groups excluding carboxylic acids is 1. The highest BCUT2D eigenvalue weighted by atomic mass is 19.1. The molecule has 0 aromatic heterocycles. The van der Waals surface area contributed by atoms with Crippen LogP contribution in [-0.2, 0) is 9.59 Å². The number of amides is 1. The number of carbonyl (C=O) groups is 2. The molecular formula is C16H17FN2O3. The lowest BCUT2D eigenvalue weighted by Gasteiger charge is -2.29. The fourth-order valence-corrected chi connectivity index (χ4v) is 3.12. The summed E-state index contributed by atoms with van der Waals surface area (Å²) in [5.41, 5.74) is -0.518. The Morgan fingerprint density at radius 2 is 2.32 bits per heavy atom. The molecule has 0 unspecified atom stereocenters. The largest absolute Gasteiger partial charge is 0.478 e. The number of benzene rings is 1. The van der Waals surface area contributed by atoms with Gasteiger partial charge >= 0.3 is 5.97 Å². The highest BCUT2D eigenvalue weighted by Crippen LogP contribution is 2.39. The van der Waals surface area contributed by atoms with Crippen LogP contribution in [0, 0.1) is 5.92 Å². The Morgan fingerprint density at radius 1 is 1.50 bits per heavy atom. The number of piperidine rings is 1. The number of rotatable bonds is 3. The van der Waals surface area contributed by atoms with Crippen molar-refractivity contribution in [2.45, 2.75) is 12.1 Å². The van der Waals surface area contributed by atoms with E-state index in [1.165, 1.54) is 11.0 Å². The molecule has 0 spiro atoms.